The molecule has 0 spiro atoms. The molecule has 0 atom stereocenters. The first-order valence-corrected chi connectivity index (χ1v) is 9.49. The van der Waals surface area contributed by atoms with Gasteiger partial charge in [-0.3, -0.25) is 4.79 Å². The first-order chi connectivity index (χ1) is 10.1. The predicted molar refractivity (Wildman–Crippen MR) is 92.3 cm³/mol. The fourth-order valence-electron chi connectivity index (χ4n) is 2.86. The van der Waals surface area contributed by atoms with Gasteiger partial charge in [-0.2, -0.15) is 0 Å². The third kappa shape index (κ3) is 11.5. The Morgan fingerprint density at radius 3 is 1.45 bits per heavy atom. The Labute approximate surface area is 145 Å². The molecule has 0 heterocycles. The smallest absolute Gasteiger partial charge is 0.192 e. The summed E-state index contributed by atoms with van der Waals surface area (Å²) < 4.78 is 0. The number of carbonyl (C=O) groups excluding carboxylic acids is 1. The van der Waals surface area contributed by atoms with Gasteiger partial charge in [-0.1, -0.05) is 85.0 Å². The molecule has 0 aliphatic carbocycles. The number of ketones is 1. The fourth-order valence-corrected chi connectivity index (χ4v) is 2.86. The molecule has 0 aromatic carbocycles. The van der Waals surface area contributed by atoms with E-state index in [-0.39, 0.29) is 17.9 Å². The van der Waals surface area contributed by atoms with Crippen molar-refractivity contribution < 1.29 is 22.9 Å². The maximum Gasteiger partial charge on any atom is 0.192 e. The van der Waals surface area contributed by atoms with E-state index in [2.05, 4.69) is 26.5 Å². The van der Waals surface area contributed by atoms with Crippen LogP contribution in [0.3, 0.4) is 0 Å². The lowest BCUT2D eigenvalue weighted by Gasteiger charge is -2.20. The molecule has 0 unspecified atom stereocenters. The summed E-state index contributed by atoms with van der Waals surface area (Å²) in [6.45, 7) is 6.42. The molecule has 0 aromatic rings. The molecule has 0 fully saturated rings. The van der Waals surface area contributed by atoms with E-state index in [0.717, 1.165) is 25.7 Å². The van der Waals surface area contributed by atoms with Crippen molar-refractivity contribution in [2.24, 2.45) is 0 Å². The summed E-state index contributed by atoms with van der Waals surface area (Å²) >= 11 is 0. The summed E-state index contributed by atoms with van der Waals surface area (Å²) in [5.74, 6) is 0.378. The Morgan fingerprint density at radius 2 is 1.09 bits per heavy atom. The van der Waals surface area contributed by atoms with Gasteiger partial charge in [0.25, 0.3) is 0 Å². The Bertz CT molecular complexity index is 252. The van der Waals surface area contributed by atoms with E-state index < -0.39 is 0 Å². The van der Waals surface area contributed by atoms with Crippen molar-refractivity contribution in [1.29, 1.82) is 0 Å². The highest BCUT2D eigenvalue weighted by Crippen LogP contribution is 2.16. The Kier molecular flexibility index (Phi) is 17.4. The van der Waals surface area contributed by atoms with Crippen molar-refractivity contribution in [3.05, 3.63) is 0 Å². The Morgan fingerprint density at radius 1 is 0.727 bits per heavy atom. The minimum absolute atomic E-state index is 0. The summed E-state index contributed by atoms with van der Waals surface area (Å²) in [5, 5.41) is 0. The molecule has 0 rings (SSSR count). The number of hydrogen-bond acceptors (Lipinski definition) is 1. The zero-order chi connectivity index (χ0) is 16.0. The number of hydrogen-bond donors (Lipinski definition) is 1. The normalized spacial score (nSPS) is 11.3. The van der Waals surface area contributed by atoms with Gasteiger partial charge >= 0.3 is 0 Å². The molecule has 0 aliphatic rings. The van der Waals surface area contributed by atoms with Gasteiger partial charge in [0.15, 0.2) is 11.3 Å². The van der Waals surface area contributed by atoms with Crippen molar-refractivity contribution in [3.63, 3.8) is 0 Å². The molecule has 3 heteroatoms. The molecule has 0 bridgehead atoms. The van der Waals surface area contributed by atoms with Gasteiger partial charge in [0.05, 0.1) is 0 Å². The molecule has 22 heavy (non-hydrogen) atoms. The van der Waals surface area contributed by atoms with E-state index in [1.54, 1.807) is 0 Å². The molecular weight excluding hydrogens is 294 g/mol. The van der Waals surface area contributed by atoms with Crippen LogP contribution in [0.5, 0.6) is 0 Å². The van der Waals surface area contributed by atoms with E-state index in [1.807, 2.05) is 0 Å². The van der Waals surface area contributed by atoms with Crippen LogP contribution < -0.4 is 18.1 Å². The van der Waals surface area contributed by atoms with Crippen LogP contribution in [-0.4, -0.2) is 11.3 Å². The van der Waals surface area contributed by atoms with E-state index in [4.69, 9.17) is 0 Å². The predicted octanol–water partition coefficient (Wildman–Crippen LogP) is 2.06. The van der Waals surface area contributed by atoms with Crippen LogP contribution in [0.15, 0.2) is 0 Å². The molecule has 0 aliphatic heterocycles. The molecule has 0 saturated carbocycles. The second-order valence-electron chi connectivity index (χ2n) is 6.70. The number of unbranched alkanes of at least 4 members (excludes halogenated alkanes) is 10. The van der Waals surface area contributed by atoms with E-state index in [1.165, 1.54) is 64.2 Å². The highest BCUT2D eigenvalue weighted by molar-refractivity contribution is 5.86. The summed E-state index contributed by atoms with van der Waals surface area (Å²) in [6, 6.07) is 0. The second-order valence-corrected chi connectivity index (χ2v) is 6.70. The number of halogens is 1. The van der Waals surface area contributed by atoms with Gasteiger partial charge in [-0.05, 0) is 6.42 Å². The van der Waals surface area contributed by atoms with Gasteiger partial charge < -0.3 is 18.1 Å². The van der Waals surface area contributed by atoms with Crippen LogP contribution in [0, 0.1) is 0 Å². The van der Waals surface area contributed by atoms with Crippen LogP contribution in [0.25, 0.3) is 0 Å². The fraction of sp³-hybridized carbons (Fsp3) is 0.947. The molecule has 2 nitrogen and oxygen atoms in total. The van der Waals surface area contributed by atoms with Crippen molar-refractivity contribution in [2.45, 2.75) is 116 Å². The van der Waals surface area contributed by atoms with Crippen LogP contribution in [0.2, 0.25) is 0 Å². The van der Waals surface area contributed by atoms with Gasteiger partial charge in [0.2, 0.25) is 0 Å². The number of quaternary nitrogens is 1. The minimum atomic E-state index is -0.307. The van der Waals surface area contributed by atoms with Crippen LogP contribution >= 0.6 is 0 Å². The summed E-state index contributed by atoms with van der Waals surface area (Å²) in [6.07, 6.45) is 17.2. The highest BCUT2D eigenvalue weighted by atomic mass is 35.5. The molecule has 0 amide bonds. The zero-order valence-corrected chi connectivity index (χ0v) is 16.1. The number of Topliss-reactive ketones (excluding diaryl/α,β-unsaturated/α-hetero) is 1. The van der Waals surface area contributed by atoms with E-state index in [0.29, 0.717) is 5.78 Å². The summed E-state index contributed by atoms with van der Waals surface area (Å²) in [7, 11) is 0. The number of rotatable bonds is 15. The minimum Gasteiger partial charge on any atom is -1.00 e. The molecule has 134 valence electrons. The van der Waals surface area contributed by atoms with Crippen molar-refractivity contribution >= 4 is 5.78 Å². The first-order valence-electron chi connectivity index (χ1n) is 9.49. The largest absolute Gasteiger partial charge is 1.00 e. The lowest BCUT2D eigenvalue weighted by Crippen LogP contribution is -3.00. The molecule has 3 N–H and O–H groups in total. The topological polar surface area (TPSA) is 44.7 Å². The van der Waals surface area contributed by atoms with E-state index >= 15 is 0 Å². The van der Waals surface area contributed by atoms with Gasteiger partial charge in [-0.15, -0.1) is 0 Å². The van der Waals surface area contributed by atoms with Crippen LogP contribution in [0.1, 0.15) is 111 Å². The highest BCUT2D eigenvalue weighted by Gasteiger charge is 2.32. The Balaban J connectivity index is 0. The van der Waals surface area contributed by atoms with Crippen molar-refractivity contribution in [1.82, 2.24) is 0 Å². The number of carbonyl (C=O) groups is 1. The van der Waals surface area contributed by atoms with Crippen LogP contribution in [0.4, 0.5) is 0 Å². The van der Waals surface area contributed by atoms with Crippen molar-refractivity contribution in [2.75, 3.05) is 0 Å². The maximum atomic E-state index is 12.1. The maximum absolute atomic E-state index is 12.1. The first kappa shape index (κ1) is 24.2. The summed E-state index contributed by atoms with van der Waals surface area (Å²) in [4.78, 5) is 12.1. The SMILES string of the molecule is CCCCCCCCCCCCCC(=O)C([NH3+])(CC)CC.[Cl-]. The van der Waals surface area contributed by atoms with Gasteiger partial charge in [-0.25, -0.2) is 0 Å². The zero-order valence-electron chi connectivity index (χ0n) is 15.4. The van der Waals surface area contributed by atoms with E-state index in [9.17, 15) is 4.79 Å². The molecule has 0 aromatic heterocycles. The Hall–Kier alpha value is -0.0800. The molecular formula is C19H40ClNO. The second kappa shape index (κ2) is 15.8. The van der Waals surface area contributed by atoms with Crippen LogP contribution in [-0.2, 0) is 4.79 Å². The van der Waals surface area contributed by atoms with Gasteiger partial charge in [0.1, 0.15) is 0 Å². The third-order valence-corrected chi connectivity index (χ3v) is 4.95. The standard InChI is InChI=1S/C19H39NO.ClH/c1-4-7-8-9-10-11-12-13-14-15-16-17-18(21)19(20,5-2)6-3;/h4-17,20H2,1-3H3;1H. The third-order valence-electron chi connectivity index (χ3n) is 4.95. The van der Waals surface area contributed by atoms with Gasteiger partial charge in [0, 0.05) is 19.3 Å². The lowest BCUT2D eigenvalue weighted by molar-refractivity contribution is -0.459. The molecule has 0 radical (unpaired) electrons. The monoisotopic (exact) mass is 333 g/mol. The average molecular weight is 334 g/mol. The molecule has 0 saturated heterocycles. The quantitative estimate of drug-likeness (QED) is 0.458. The summed E-state index contributed by atoms with van der Waals surface area (Å²) in [5.41, 5.74) is 3.82. The van der Waals surface area contributed by atoms with Crippen molar-refractivity contribution in [3.8, 4) is 0 Å². The lowest BCUT2D eigenvalue weighted by atomic mass is 9.86. The average Bonchev–Trinajstić information content (AvgIpc) is 2.51.